The first-order chi connectivity index (χ1) is 14.6. The van der Waals surface area contributed by atoms with Crippen molar-refractivity contribution in [3.05, 3.63) is 23.0 Å². The number of anilines is 1. The molecule has 32 heavy (non-hydrogen) atoms. The van der Waals surface area contributed by atoms with Gasteiger partial charge in [0.15, 0.2) is 0 Å². The Labute approximate surface area is 182 Å². The number of hydrogen-bond acceptors (Lipinski definition) is 5. The Balaban J connectivity index is 0.000000305. The maximum Gasteiger partial charge on any atom is 0.490 e. The second-order valence-corrected chi connectivity index (χ2v) is 6.91. The fourth-order valence-corrected chi connectivity index (χ4v) is 2.96. The minimum Gasteiger partial charge on any atom is -0.475 e. The summed E-state index contributed by atoms with van der Waals surface area (Å²) in [5, 5.41) is 18.2. The third-order valence-corrected chi connectivity index (χ3v) is 4.38. The molecule has 15 heteroatoms. The Bertz CT molecular complexity index is 804. The summed E-state index contributed by atoms with van der Waals surface area (Å²) in [6.07, 6.45) is -5.22. The molecule has 0 saturated carbocycles. The van der Waals surface area contributed by atoms with Crippen LogP contribution in [0.15, 0.2) is 12.3 Å². The fraction of sp³-hybridized carbons (Fsp3) is 0.529. The number of halogens is 7. The molecular weight excluding hydrogens is 476 g/mol. The van der Waals surface area contributed by atoms with Gasteiger partial charge in [-0.05, 0) is 32.0 Å². The molecule has 2 aliphatic heterocycles. The molecule has 1 fully saturated rings. The lowest BCUT2D eigenvalue weighted by atomic mass is 9.99. The van der Waals surface area contributed by atoms with Crippen LogP contribution in [0.1, 0.15) is 25.0 Å². The minimum absolute atomic E-state index is 0.207. The van der Waals surface area contributed by atoms with Crippen molar-refractivity contribution >= 4 is 35.1 Å². The summed E-state index contributed by atoms with van der Waals surface area (Å²) in [4.78, 5) is 36.3. The van der Waals surface area contributed by atoms with E-state index in [9.17, 15) is 31.1 Å². The predicted molar refractivity (Wildman–Crippen MR) is 98.3 cm³/mol. The highest BCUT2D eigenvalue weighted by Gasteiger charge is 2.39. The standard InChI is InChI=1S/C13H16ClN3O.2C2HF3O2/c14-9-7-12-11(16-8-9)1-2-13(18)17(12)10-3-5-15-6-4-10;2*3-2(4,5)1(6)7/h7-8,10,15H,1-6H2;2*(H,6,7). The number of nitrogens with one attached hydrogen (secondary N) is 1. The van der Waals surface area contributed by atoms with Crippen LogP contribution in [0.25, 0.3) is 0 Å². The number of carboxylic acid groups (broad SMARTS) is 2. The highest BCUT2D eigenvalue weighted by molar-refractivity contribution is 6.30. The normalized spacial score (nSPS) is 16.7. The van der Waals surface area contributed by atoms with Gasteiger partial charge in [0, 0.05) is 25.1 Å². The van der Waals surface area contributed by atoms with E-state index < -0.39 is 24.3 Å². The predicted octanol–water partition coefficient (Wildman–Crippen LogP) is 3.03. The van der Waals surface area contributed by atoms with Crippen LogP contribution < -0.4 is 10.2 Å². The van der Waals surface area contributed by atoms with Crippen molar-refractivity contribution < 1.29 is 50.9 Å². The van der Waals surface area contributed by atoms with E-state index in [4.69, 9.17) is 31.4 Å². The van der Waals surface area contributed by atoms with Crippen LogP contribution in [0.2, 0.25) is 5.02 Å². The van der Waals surface area contributed by atoms with Gasteiger partial charge in [-0.3, -0.25) is 9.78 Å². The lowest BCUT2D eigenvalue weighted by molar-refractivity contribution is -0.193. The van der Waals surface area contributed by atoms with Crippen molar-refractivity contribution in [2.45, 2.75) is 44.1 Å². The number of aryl methyl sites for hydroxylation is 1. The molecule has 2 aliphatic rings. The molecule has 0 aliphatic carbocycles. The molecule has 180 valence electrons. The molecule has 0 atom stereocenters. The Hall–Kier alpha value is -2.61. The van der Waals surface area contributed by atoms with Crippen LogP contribution in [0.5, 0.6) is 0 Å². The molecule has 0 unspecified atom stereocenters. The largest absolute Gasteiger partial charge is 0.490 e. The highest BCUT2D eigenvalue weighted by Crippen LogP contribution is 2.32. The molecule has 0 bridgehead atoms. The molecule has 1 aromatic heterocycles. The van der Waals surface area contributed by atoms with Gasteiger partial charge in [0.25, 0.3) is 0 Å². The number of hydrogen-bond donors (Lipinski definition) is 3. The number of carbonyl (C=O) groups excluding carboxylic acids is 1. The summed E-state index contributed by atoms with van der Waals surface area (Å²) in [5.74, 6) is -5.31. The van der Waals surface area contributed by atoms with Crippen molar-refractivity contribution in [1.82, 2.24) is 10.3 Å². The molecule has 0 aromatic carbocycles. The summed E-state index contributed by atoms with van der Waals surface area (Å²) in [6.45, 7) is 1.94. The van der Waals surface area contributed by atoms with Crippen LogP contribution in [0, 0.1) is 0 Å². The number of amides is 1. The number of piperidine rings is 1. The molecule has 3 N–H and O–H groups in total. The molecule has 3 heterocycles. The van der Waals surface area contributed by atoms with Gasteiger partial charge in [-0.15, -0.1) is 0 Å². The van der Waals surface area contributed by atoms with Crippen molar-refractivity contribution in [1.29, 1.82) is 0 Å². The van der Waals surface area contributed by atoms with Crippen LogP contribution in [0.4, 0.5) is 32.0 Å². The summed E-state index contributed by atoms with van der Waals surface area (Å²) in [6, 6.07) is 2.17. The first kappa shape index (κ1) is 27.4. The van der Waals surface area contributed by atoms with Crippen molar-refractivity contribution in [2.24, 2.45) is 0 Å². The summed E-state index contributed by atoms with van der Waals surface area (Å²) < 4.78 is 63.5. The van der Waals surface area contributed by atoms with Crippen LogP contribution in [-0.4, -0.2) is 64.5 Å². The Morgan fingerprint density at radius 1 is 1.03 bits per heavy atom. The van der Waals surface area contributed by atoms with Crippen molar-refractivity contribution in [3.8, 4) is 0 Å². The quantitative estimate of drug-likeness (QED) is 0.514. The first-order valence-corrected chi connectivity index (χ1v) is 9.29. The zero-order valence-corrected chi connectivity index (χ0v) is 16.9. The SMILES string of the molecule is O=C(O)C(F)(F)F.O=C(O)C(F)(F)F.O=C1CCc2ncc(Cl)cc2N1C1CCNCC1. The zero-order valence-electron chi connectivity index (χ0n) is 16.1. The molecular formula is C17H18ClF6N3O5. The third kappa shape index (κ3) is 8.49. The van der Waals surface area contributed by atoms with Crippen LogP contribution >= 0.6 is 11.6 Å². The van der Waals surface area contributed by atoms with Gasteiger partial charge < -0.3 is 20.4 Å². The second-order valence-electron chi connectivity index (χ2n) is 6.47. The highest BCUT2D eigenvalue weighted by atomic mass is 35.5. The summed E-state index contributed by atoms with van der Waals surface area (Å²) in [7, 11) is 0. The monoisotopic (exact) mass is 493 g/mol. The smallest absolute Gasteiger partial charge is 0.475 e. The van der Waals surface area contributed by atoms with Gasteiger partial charge in [0.1, 0.15) is 0 Å². The number of fused-ring (bicyclic) bond motifs is 1. The maximum atomic E-state index is 12.2. The zero-order chi connectivity index (χ0) is 24.7. The Morgan fingerprint density at radius 2 is 1.50 bits per heavy atom. The first-order valence-electron chi connectivity index (χ1n) is 8.92. The van der Waals surface area contributed by atoms with Gasteiger partial charge in [0.05, 0.1) is 16.4 Å². The van der Waals surface area contributed by atoms with E-state index in [0.29, 0.717) is 11.4 Å². The Kier molecular flexibility index (Phi) is 9.70. The van der Waals surface area contributed by atoms with E-state index in [1.807, 2.05) is 11.0 Å². The number of carboxylic acids is 2. The molecule has 0 radical (unpaired) electrons. The van der Waals surface area contributed by atoms with E-state index in [2.05, 4.69) is 10.3 Å². The molecule has 3 rings (SSSR count). The number of carbonyl (C=O) groups is 3. The summed E-state index contributed by atoms with van der Waals surface area (Å²) >= 11 is 6.02. The molecule has 1 aromatic rings. The van der Waals surface area contributed by atoms with E-state index in [1.54, 1.807) is 6.20 Å². The van der Waals surface area contributed by atoms with Crippen LogP contribution in [0.3, 0.4) is 0 Å². The van der Waals surface area contributed by atoms with Gasteiger partial charge >= 0.3 is 24.3 Å². The molecule has 1 saturated heterocycles. The van der Waals surface area contributed by atoms with Gasteiger partial charge in [-0.1, -0.05) is 11.6 Å². The molecule has 1 amide bonds. The van der Waals surface area contributed by atoms with Gasteiger partial charge in [-0.25, -0.2) is 9.59 Å². The second kappa shape index (κ2) is 11.3. The maximum absolute atomic E-state index is 12.2. The van der Waals surface area contributed by atoms with E-state index in [0.717, 1.165) is 43.7 Å². The third-order valence-electron chi connectivity index (χ3n) is 4.18. The van der Waals surface area contributed by atoms with E-state index in [1.165, 1.54) is 0 Å². The van der Waals surface area contributed by atoms with Gasteiger partial charge in [0.2, 0.25) is 5.91 Å². The van der Waals surface area contributed by atoms with Crippen molar-refractivity contribution in [3.63, 3.8) is 0 Å². The number of aromatic nitrogens is 1. The average Bonchev–Trinajstić information content (AvgIpc) is 2.68. The molecule has 8 nitrogen and oxygen atoms in total. The van der Waals surface area contributed by atoms with Gasteiger partial charge in [-0.2, -0.15) is 26.3 Å². The van der Waals surface area contributed by atoms with Crippen LogP contribution in [-0.2, 0) is 20.8 Å². The van der Waals surface area contributed by atoms with E-state index >= 15 is 0 Å². The molecule has 0 spiro atoms. The number of pyridine rings is 1. The Morgan fingerprint density at radius 3 is 1.94 bits per heavy atom. The van der Waals surface area contributed by atoms with Crippen molar-refractivity contribution in [2.75, 3.05) is 18.0 Å². The lowest BCUT2D eigenvalue weighted by Gasteiger charge is -2.37. The minimum atomic E-state index is -5.08. The summed E-state index contributed by atoms with van der Waals surface area (Å²) in [5.41, 5.74) is 1.92. The number of alkyl halides is 6. The number of aliphatic carboxylic acids is 2. The number of rotatable bonds is 1. The average molecular weight is 494 g/mol. The fourth-order valence-electron chi connectivity index (χ4n) is 2.80. The van der Waals surface area contributed by atoms with E-state index in [-0.39, 0.29) is 11.9 Å². The number of nitrogens with zero attached hydrogens (tertiary/aromatic N) is 2. The lowest BCUT2D eigenvalue weighted by Crippen LogP contribution is -2.48. The topological polar surface area (TPSA) is 120 Å².